The number of rotatable bonds is 2. The van der Waals surface area contributed by atoms with Gasteiger partial charge in [0.2, 0.25) is 5.91 Å². The molecule has 0 aromatic carbocycles. The first-order valence-electron chi connectivity index (χ1n) is 3.28. The van der Waals surface area contributed by atoms with Crippen molar-refractivity contribution in [2.24, 2.45) is 0 Å². The van der Waals surface area contributed by atoms with E-state index in [1.165, 1.54) is 0 Å². The Kier molecular flexibility index (Phi) is 2.39. The lowest BCUT2D eigenvalue weighted by molar-refractivity contribution is -0.123. The molecule has 1 amide bonds. The van der Waals surface area contributed by atoms with Crippen LogP contribution in [0.15, 0.2) is 0 Å². The summed E-state index contributed by atoms with van der Waals surface area (Å²) in [6.45, 7) is 3.02. The van der Waals surface area contributed by atoms with Gasteiger partial charge in [0.1, 0.15) is 0 Å². The number of hydrogen-bond acceptors (Lipinski definition) is 2. The van der Waals surface area contributed by atoms with E-state index in [0.717, 1.165) is 25.1 Å². The highest BCUT2D eigenvalue weighted by Gasteiger charge is 2.19. The molecule has 0 saturated carbocycles. The molecule has 0 unspecified atom stereocenters. The first kappa shape index (κ1) is 6.93. The van der Waals surface area contributed by atoms with Gasteiger partial charge in [0, 0.05) is 18.7 Å². The summed E-state index contributed by atoms with van der Waals surface area (Å²) in [7, 11) is 0. The van der Waals surface area contributed by atoms with Gasteiger partial charge in [-0.1, -0.05) is 6.92 Å². The van der Waals surface area contributed by atoms with Gasteiger partial charge in [0.15, 0.2) is 0 Å². The standard InChI is InChI=1S/C6H11NOS/c1-2-9-7-5-3-4-6(7)8/h2-5H2,1H3. The molecular weight excluding hydrogens is 134 g/mol. The third-order valence-corrected chi connectivity index (χ3v) is 2.27. The zero-order valence-corrected chi connectivity index (χ0v) is 6.41. The first-order chi connectivity index (χ1) is 4.34. The lowest BCUT2D eigenvalue weighted by Gasteiger charge is -2.10. The summed E-state index contributed by atoms with van der Waals surface area (Å²) in [6, 6.07) is 0. The highest BCUT2D eigenvalue weighted by molar-refractivity contribution is 7.97. The summed E-state index contributed by atoms with van der Waals surface area (Å²) in [6.07, 6.45) is 1.80. The monoisotopic (exact) mass is 145 g/mol. The van der Waals surface area contributed by atoms with Crippen molar-refractivity contribution in [1.82, 2.24) is 4.31 Å². The normalized spacial score (nSPS) is 19.2. The number of hydrogen-bond donors (Lipinski definition) is 0. The van der Waals surface area contributed by atoms with E-state index in [2.05, 4.69) is 6.92 Å². The number of amides is 1. The van der Waals surface area contributed by atoms with E-state index < -0.39 is 0 Å². The van der Waals surface area contributed by atoms with Crippen LogP contribution in [0.1, 0.15) is 19.8 Å². The lowest BCUT2D eigenvalue weighted by atomic mass is 10.4. The zero-order chi connectivity index (χ0) is 6.69. The number of nitrogens with zero attached hydrogens (tertiary/aromatic N) is 1. The first-order valence-corrected chi connectivity index (χ1v) is 4.22. The Labute approximate surface area is 59.7 Å². The molecule has 1 aliphatic heterocycles. The van der Waals surface area contributed by atoms with Crippen molar-refractivity contribution < 1.29 is 4.79 Å². The molecule has 1 saturated heterocycles. The van der Waals surface area contributed by atoms with Crippen molar-refractivity contribution >= 4 is 17.9 Å². The van der Waals surface area contributed by atoms with Crippen LogP contribution < -0.4 is 0 Å². The van der Waals surface area contributed by atoms with Gasteiger partial charge in [-0.2, -0.15) is 0 Å². The van der Waals surface area contributed by atoms with Gasteiger partial charge in [0.05, 0.1) is 0 Å². The van der Waals surface area contributed by atoms with E-state index >= 15 is 0 Å². The fraction of sp³-hybridized carbons (Fsp3) is 0.833. The van der Waals surface area contributed by atoms with Gasteiger partial charge in [-0.25, -0.2) is 0 Å². The predicted octanol–water partition coefficient (Wildman–Crippen LogP) is 1.28. The summed E-state index contributed by atoms with van der Waals surface area (Å²) < 4.78 is 1.86. The maximum absolute atomic E-state index is 10.9. The molecule has 0 aromatic heterocycles. The third-order valence-electron chi connectivity index (χ3n) is 1.31. The highest BCUT2D eigenvalue weighted by Crippen LogP contribution is 2.18. The maximum atomic E-state index is 10.9. The molecule has 0 radical (unpaired) electrons. The van der Waals surface area contributed by atoms with Gasteiger partial charge in [-0.3, -0.25) is 9.10 Å². The maximum Gasteiger partial charge on any atom is 0.232 e. The SMILES string of the molecule is CCSN1CCCC1=O. The summed E-state index contributed by atoms with van der Waals surface area (Å²) >= 11 is 1.63. The topological polar surface area (TPSA) is 20.3 Å². The van der Waals surface area contributed by atoms with Crippen LogP contribution in [0, 0.1) is 0 Å². The van der Waals surface area contributed by atoms with Crippen LogP contribution in [0.25, 0.3) is 0 Å². The highest BCUT2D eigenvalue weighted by atomic mass is 32.2. The van der Waals surface area contributed by atoms with Crippen molar-refractivity contribution in [3.63, 3.8) is 0 Å². The Hall–Kier alpha value is -0.180. The van der Waals surface area contributed by atoms with E-state index in [4.69, 9.17) is 0 Å². The number of carbonyl (C=O) groups excluding carboxylic acids is 1. The van der Waals surface area contributed by atoms with Crippen molar-refractivity contribution in [3.8, 4) is 0 Å². The molecule has 0 atom stereocenters. The minimum atomic E-state index is 0.307. The van der Waals surface area contributed by atoms with E-state index in [1.807, 2.05) is 4.31 Å². The molecule has 3 heteroatoms. The Bertz CT molecular complexity index is 116. The van der Waals surface area contributed by atoms with Crippen LogP contribution in [0.5, 0.6) is 0 Å². The molecule has 1 heterocycles. The van der Waals surface area contributed by atoms with Gasteiger partial charge in [0.25, 0.3) is 0 Å². The minimum absolute atomic E-state index is 0.307. The molecule has 0 bridgehead atoms. The van der Waals surface area contributed by atoms with Crippen molar-refractivity contribution in [2.75, 3.05) is 12.3 Å². The molecule has 2 nitrogen and oxygen atoms in total. The van der Waals surface area contributed by atoms with Crippen LogP contribution in [0.2, 0.25) is 0 Å². The summed E-state index contributed by atoms with van der Waals surface area (Å²) in [5.41, 5.74) is 0. The molecule has 1 rings (SSSR count). The lowest BCUT2D eigenvalue weighted by Crippen LogP contribution is -2.15. The van der Waals surface area contributed by atoms with Gasteiger partial charge in [-0.15, -0.1) is 0 Å². The Balaban J connectivity index is 2.31. The van der Waals surface area contributed by atoms with Gasteiger partial charge >= 0.3 is 0 Å². The number of carbonyl (C=O) groups is 1. The molecule has 0 aromatic rings. The second-order valence-electron chi connectivity index (χ2n) is 2.02. The molecule has 0 aliphatic carbocycles. The Morgan fingerprint density at radius 1 is 1.78 bits per heavy atom. The average molecular weight is 145 g/mol. The van der Waals surface area contributed by atoms with E-state index in [9.17, 15) is 4.79 Å². The zero-order valence-electron chi connectivity index (χ0n) is 5.59. The molecule has 0 spiro atoms. The summed E-state index contributed by atoms with van der Waals surface area (Å²) in [5, 5.41) is 0. The second kappa shape index (κ2) is 3.11. The smallest absolute Gasteiger partial charge is 0.232 e. The largest absolute Gasteiger partial charge is 0.286 e. The molecule has 1 fully saturated rings. The van der Waals surface area contributed by atoms with Crippen molar-refractivity contribution in [2.45, 2.75) is 19.8 Å². The van der Waals surface area contributed by atoms with Crippen LogP contribution in [-0.2, 0) is 4.79 Å². The third kappa shape index (κ3) is 1.61. The predicted molar refractivity (Wildman–Crippen MR) is 39.1 cm³/mol. The van der Waals surface area contributed by atoms with Gasteiger partial charge in [-0.05, 0) is 18.4 Å². The fourth-order valence-corrected chi connectivity index (χ4v) is 1.72. The Morgan fingerprint density at radius 2 is 2.56 bits per heavy atom. The van der Waals surface area contributed by atoms with Gasteiger partial charge < -0.3 is 0 Å². The molecule has 0 N–H and O–H groups in total. The van der Waals surface area contributed by atoms with E-state index in [1.54, 1.807) is 11.9 Å². The molecule has 1 aliphatic rings. The van der Waals surface area contributed by atoms with E-state index in [0.29, 0.717) is 5.91 Å². The quantitative estimate of drug-likeness (QED) is 0.545. The van der Waals surface area contributed by atoms with E-state index in [-0.39, 0.29) is 0 Å². The summed E-state index contributed by atoms with van der Waals surface area (Å²) in [5.74, 6) is 1.31. The Morgan fingerprint density at radius 3 is 3.00 bits per heavy atom. The van der Waals surface area contributed by atoms with Crippen LogP contribution in [0.3, 0.4) is 0 Å². The average Bonchev–Trinajstić information content (AvgIpc) is 2.18. The second-order valence-corrected chi connectivity index (χ2v) is 3.29. The molecule has 52 valence electrons. The molecular formula is C6H11NOS. The van der Waals surface area contributed by atoms with Crippen molar-refractivity contribution in [1.29, 1.82) is 0 Å². The van der Waals surface area contributed by atoms with Crippen LogP contribution in [-0.4, -0.2) is 22.5 Å². The van der Waals surface area contributed by atoms with Crippen LogP contribution in [0.4, 0.5) is 0 Å². The molecule has 9 heavy (non-hydrogen) atoms. The van der Waals surface area contributed by atoms with Crippen molar-refractivity contribution in [3.05, 3.63) is 0 Å². The summed E-state index contributed by atoms with van der Waals surface area (Å²) in [4.78, 5) is 10.9. The fourth-order valence-electron chi connectivity index (χ4n) is 0.916. The van der Waals surface area contributed by atoms with Crippen LogP contribution >= 0.6 is 11.9 Å². The minimum Gasteiger partial charge on any atom is -0.286 e.